The van der Waals surface area contributed by atoms with Crippen LogP contribution in [0.15, 0.2) is 0 Å². The Morgan fingerprint density at radius 2 is 1.76 bits per heavy atom. The number of nitrogens with two attached hydrogens (primary N) is 1. The lowest BCUT2D eigenvalue weighted by Gasteiger charge is -2.20. The number of amides is 2. The Balaban J connectivity index is 4.43. The number of carboxylic acid groups (broad SMARTS) is 2. The van der Waals surface area contributed by atoms with Gasteiger partial charge in [-0.15, -0.1) is 0 Å². The number of aliphatic carboxylic acids is 2. The molecule has 0 spiro atoms. The highest BCUT2D eigenvalue weighted by Gasteiger charge is 2.26. The number of nitrogens with one attached hydrogen (secondary N) is 2. The third kappa shape index (κ3) is 7.84. The molecule has 0 saturated heterocycles. The van der Waals surface area contributed by atoms with Crippen LogP contribution in [0.1, 0.15) is 19.8 Å². The van der Waals surface area contributed by atoms with Crippen molar-refractivity contribution >= 4 is 23.8 Å². The average molecular weight is 305 g/mol. The lowest BCUT2D eigenvalue weighted by Crippen LogP contribution is -2.53. The standard InChI is InChI=1S/C11H19N3O7/c1-5(15)9(10(19)13-4-8(17)18)14-7(16)3-2-6(12)11(20)21/h5-6,9,15H,2-4,12H2,1H3,(H,13,19)(H,14,16)(H,17,18)(H,20,21). The van der Waals surface area contributed by atoms with E-state index in [1.807, 2.05) is 5.32 Å². The second-order valence-electron chi connectivity index (χ2n) is 4.38. The Kier molecular flexibility index (Phi) is 7.94. The van der Waals surface area contributed by atoms with Gasteiger partial charge >= 0.3 is 11.9 Å². The van der Waals surface area contributed by atoms with E-state index >= 15 is 0 Å². The number of hydrogen-bond acceptors (Lipinski definition) is 6. The highest BCUT2D eigenvalue weighted by molar-refractivity contribution is 5.90. The van der Waals surface area contributed by atoms with Gasteiger partial charge in [-0.05, 0) is 13.3 Å². The molecule has 0 aromatic carbocycles. The topological polar surface area (TPSA) is 179 Å². The number of rotatable bonds is 9. The van der Waals surface area contributed by atoms with E-state index in [0.29, 0.717) is 0 Å². The van der Waals surface area contributed by atoms with Crippen molar-refractivity contribution in [1.82, 2.24) is 10.6 Å². The van der Waals surface area contributed by atoms with E-state index in [9.17, 15) is 24.3 Å². The van der Waals surface area contributed by atoms with Gasteiger partial charge in [0.2, 0.25) is 11.8 Å². The molecule has 7 N–H and O–H groups in total. The van der Waals surface area contributed by atoms with Crippen molar-refractivity contribution in [1.29, 1.82) is 0 Å². The number of aliphatic hydroxyl groups excluding tert-OH is 1. The number of aliphatic hydroxyl groups is 1. The van der Waals surface area contributed by atoms with Gasteiger partial charge in [-0.3, -0.25) is 19.2 Å². The van der Waals surface area contributed by atoms with Crippen LogP contribution >= 0.6 is 0 Å². The van der Waals surface area contributed by atoms with Crippen LogP contribution in [-0.2, 0) is 19.2 Å². The fourth-order valence-corrected chi connectivity index (χ4v) is 1.33. The summed E-state index contributed by atoms with van der Waals surface area (Å²) in [6.07, 6.45) is -1.64. The fraction of sp³-hybridized carbons (Fsp3) is 0.636. The Morgan fingerprint density at radius 3 is 2.19 bits per heavy atom. The lowest BCUT2D eigenvalue weighted by molar-refractivity contribution is -0.139. The van der Waals surface area contributed by atoms with Crippen molar-refractivity contribution in [3.05, 3.63) is 0 Å². The van der Waals surface area contributed by atoms with E-state index in [2.05, 4.69) is 5.32 Å². The van der Waals surface area contributed by atoms with Crippen LogP contribution < -0.4 is 16.4 Å². The Bertz CT molecular complexity index is 411. The van der Waals surface area contributed by atoms with Crippen molar-refractivity contribution in [2.45, 2.75) is 38.0 Å². The molecular weight excluding hydrogens is 286 g/mol. The van der Waals surface area contributed by atoms with E-state index in [4.69, 9.17) is 15.9 Å². The van der Waals surface area contributed by atoms with Crippen LogP contribution in [0.3, 0.4) is 0 Å². The van der Waals surface area contributed by atoms with Gasteiger partial charge in [0.05, 0.1) is 6.10 Å². The summed E-state index contributed by atoms with van der Waals surface area (Å²) in [5.74, 6) is -4.06. The average Bonchev–Trinajstić information content (AvgIpc) is 2.38. The molecule has 0 aromatic rings. The second kappa shape index (κ2) is 8.87. The van der Waals surface area contributed by atoms with Gasteiger partial charge in [0.1, 0.15) is 18.6 Å². The highest BCUT2D eigenvalue weighted by atomic mass is 16.4. The minimum Gasteiger partial charge on any atom is -0.480 e. The highest BCUT2D eigenvalue weighted by Crippen LogP contribution is 1.99. The van der Waals surface area contributed by atoms with Gasteiger partial charge in [-0.25, -0.2) is 0 Å². The summed E-state index contributed by atoms with van der Waals surface area (Å²) in [7, 11) is 0. The minimum atomic E-state index is -1.34. The summed E-state index contributed by atoms with van der Waals surface area (Å²) in [6.45, 7) is 0.593. The fourth-order valence-electron chi connectivity index (χ4n) is 1.33. The van der Waals surface area contributed by atoms with E-state index in [0.717, 1.165) is 0 Å². The molecule has 3 unspecified atom stereocenters. The number of carbonyl (C=O) groups excluding carboxylic acids is 2. The molecular formula is C11H19N3O7. The summed E-state index contributed by atoms with van der Waals surface area (Å²) in [6, 6.07) is -2.54. The summed E-state index contributed by atoms with van der Waals surface area (Å²) in [5, 5.41) is 30.6. The van der Waals surface area contributed by atoms with Crippen LogP contribution in [0.25, 0.3) is 0 Å². The van der Waals surface area contributed by atoms with E-state index in [-0.39, 0.29) is 12.8 Å². The normalized spacial score (nSPS) is 14.6. The predicted molar refractivity (Wildman–Crippen MR) is 69.1 cm³/mol. The van der Waals surface area contributed by atoms with Crippen molar-refractivity contribution in [2.75, 3.05) is 6.54 Å². The monoisotopic (exact) mass is 305 g/mol. The van der Waals surface area contributed by atoms with E-state index in [1.54, 1.807) is 0 Å². The van der Waals surface area contributed by atoms with Crippen LogP contribution in [0, 0.1) is 0 Å². The molecule has 0 aliphatic heterocycles. The summed E-state index contributed by atoms with van der Waals surface area (Å²) >= 11 is 0. The quantitative estimate of drug-likeness (QED) is 0.265. The molecule has 0 aliphatic rings. The van der Waals surface area contributed by atoms with Crippen LogP contribution in [-0.4, -0.2) is 63.8 Å². The van der Waals surface area contributed by atoms with Crippen molar-refractivity contribution in [3.63, 3.8) is 0 Å². The first-order chi connectivity index (χ1) is 9.65. The van der Waals surface area contributed by atoms with Gasteiger partial charge in [-0.2, -0.15) is 0 Å². The predicted octanol–water partition coefficient (Wildman–Crippen LogP) is -2.76. The zero-order valence-electron chi connectivity index (χ0n) is 11.4. The van der Waals surface area contributed by atoms with Crippen molar-refractivity contribution in [3.8, 4) is 0 Å². The molecule has 0 fully saturated rings. The first kappa shape index (κ1) is 18.8. The number of carbonyl (C=O) groups is 4. The van der Waals surface area contributed by atoms with Crippen LogP contribution in [0.5, 0.6) is 0 Å². The Morgan fingerprint density at radius 1 is 1.19 bits per heavy atom. The first-order valence-electron chi connectivity index (χ1n) is 6.10. The van der Waals surface area contributed by atoms with Gasteiger partial charge in [0.25, 0.3) is 0 Å². The molecule has 0 saturated carbocycles. The van der Waals surface area contributed by atoms with Crippen molar-refractivity contribution in [2.24, 2.45) is 5.73 Å². The van der Waals surface area contributed by atoms with Gasteiger partial charge in [0, 0.05) is 6.42 Å². The molecule has 0 aliphatic carbocycles. The Labute approximate surface area is 120 Å². The lowest BCUT2D eigenvalue weighted by atomic mass is 10.1. The van der Waals surface area contributed by atoms with E-state index in [1.165, 1.54) is 6.92 Å². The van der Waals surface area contributed by atoms with Crippen molar-refractivity contribution < 1.29 is 34.5 Å². The maximum Gasteiger partial charge on any atom is 0.322 e. The molecule has 0 aromatic heterocycles. The largest absolute Gasteiger partial charge is 0.480 e. The molecule has 2 amide bonds. The molecule has 3 atom stereocenters. The maximum absolute atomic E-state index is 11.6. The third-order valence-corrected chi connectivity index (χ3v) is 2.49. The molecule has 21 heavy (non-hydrogen) atoms. The number of hydrogen-bond donors (Lipinski definition) is 6. The molecule has 10 heteroatoms. The summed E-state index contributed by atoms with van der Waals surface area (Å²) in [4.78, 5) is 44.0. The van der Waals surface area contributed by atoms with Gasteiger partial charge in [-0.1, -0.05) is 0 Å². The molecule has 120 valence electrons. The molecule has 0 rings (SSSR count). The molecule has 0 heterocycles. The van der Waals surface area contributed by atoms with Crippen LogP contribution in [0.4, 0.5) is 0 Å². The Hall–Kier alpha value is -2.20. The zero-order valence-corrected chi connectivity index (χ0v) is 11.4. The summed E-state index contributed by atoms with van der Waals surface area (Å²) in [5.41, 5.74) is 5.22. The first-order valence-corrected chi connectivity index (χ1v) is 6.10. The second-order valence-corrected chi connectivity index (χ2v) is 4.38. The molecule has 0 bridgehead atoms. The zero-order chi connectivity index (χ0) is 16.6. The molecule has 10 nitrogen and oxygen atoms in total. The van der Waals surface area contributed by atoms with Crippen LogP contribution in [0.2, 0.25) is 0 Å². The molecule has 0 radical (unpaired) electrons. The smallest absolute Gasteiger partial charge is 0.322 e. The summed E-state index contributed by atoms with van der Waals surface area (Å²) < 4.78 is 0. The van der Waals surface area contributed by atoms with Gasteiger partial charge in [0.15, 0.2) is 0 Å². The van der Waals surface area contributed by atoms with Gasteiger partial charge < -0.3 is 31.7 Å². The van der Waals surface area contributed by atoms with E-state index < -0.39 is 48.5 Å². The maximum atomic E-state index is 11.6. The SMILES string of the molecule is CC(O)C(NC(=O)CCC(N)C(=O)O)C(=O)NCC(=O)O. The number of carboxylic acids is 2. The third-order valence-electron chi connectivity index (χ3n) is 2.49. The minimum absolute atomic E-state index is 0.134.